The van der Waals surface area contributed by atoms with E-state index in [1.165, 1.54) is 0 Å². The minimum atomic E-state index is -0.566. The van der Waals surface area contributed by atoms with Crippen LogP contribution >= 0.6 is 0 Å². The lowest BCUT2D eigenvalue weighted by atomic mass is 9.89. The molecule has 0 aromatic carbocycles. The first kappa shape index (κ1) is 13.3. The second-order valence-electron chi connectivity index (χ2n) is 4.62. The molecule has 3 nitrogen and oxygen atoms in total. The summed E-state index contributed by atoms with van der Waals surface area (Å²) in [6.45, 7) is 10.3. The maximum atomic E-state index is 11.1. The van der Waals surface area contributed by atoms with Crippen LogP contribution in [-0.4, -0.2) is 18.9 Å². The molecule has 0 saturated heterocycles. The fraction of sp³-hybridized carbons (Fsp3) is 0.909. The molecule has 0 radical (unpaired) electrons. The molecule has 3 heteroatoms. The predicted octanol–water partition coefficient (Wildman–Crippen LogP) is 3.37. The SMILES string of the molecule is CCCC(C)(C)COC(=O)OC(C)C. The van der Waals surface area contributed by atoms with Crippen LogP contribution in [0.2, 0.25) is 0 Å². The van der Waals surface area contributed by atoms with Crippen molar-refractivity contribution in [3.63, 3.8) is 0 Å². The molecule has 0 aliphatic carbocycles. The normalized spacial score (nSPS) is 11.6. The number of ether oxygens (including phenoxy) is 2. The van der Waals surface area contributed by atoms with Crippen LogP contribution < -0.4 is 0 Å². The number of rotatable bonds is 5. The highest BCUT2D eigenvalue weighted by molar-refractivity contribution is 5.60. The van der Waals surface area contributed by atoms with Crippen LogP contribution in [0.25, 0.3) is 0 Å². The Balaban J connectivity index is 3.75. The molecule has 0 aliphatic heterocycles. The van der Waals surface area contributed by atoms with Crippen LogP contribution in [-0.2, 0) is 9.47 Å². The Labute approximate surface area is 86.8 Å². The van der Waals surface area contributed by atoms with Gasteiger partial charge in [0, 0.05) is 0 Å². The van der Waals surface area contributed by atoms with E-state index < -0.39 is 6.16 Å². The smallest absolute Gasteiger partial charge is 0.434 e. The molecule has 0 unspecified atom stereocenters. The second kappa shape index (κ2) is 5.89. The van der Waals surface area contributed by atoms with E-state index in [1.807, 2.05) is 0 Å². The van der Waals surface area contributed by atoms with E-state index in [-0.39, 0.29) is 11.5 Å². The second-order valence-corrected chi connectivity index (χ2v) is 4.62. The van der Waals surface area contributed by atoms with Crippen molar-refractivity contribution >= 4 is 6.16 Å². The van der Waals surface area contributed by atoms with Crippen molar-refractivity contribution in [1.82, 2.24) is 0 Å². The first-order chi connectivity index (χ1) is 6.37. The summed E-state index contributed by atoms with van der Waals surface area (Å²) >= 11 is 0. The van der Waals surface area contributed by atoms with Gasteiger partial charge >= 0.3 is 6.16 Å². The van der Waals surface area contributed by atoms with Crippen LogP contribution in [0.5, 0.6) is 0 Å². The maximum absolute atomic E-state index is 11.1. The van der Waals surface area contributed by atoms with E-state index in [0.717, 1.165) is 12.8 Å². The highest BCUT2D eigenvalue weighted by Gasteiger charge is 2.19. The van der Waals surface area contributed by atoms with E-state index >= 15 is 0 Å². The Bertz CT molecular complexity index is 173. The van der Waals surface area contributed by atoms with Crippen molar-refractivity contribution in [2.24, 2.45) is 5.41 Å². The van der Waals surface area contributed by atoms with Gasteiger partial charge in [0.15, 0.2) is 0 Å². The number of hydrogen-bond acceptors (Lipinski definition) is 3. The third kappa shape index (κ3) is 6.75. The van der Waals surface area contributed by atoms with Crippen molar-refractivity contribution in [2.75, 3.05) is 6.61 Å². The number of carbonyl (C=O) groups excluding carboxylic acids is 1. The Morgan fingerprint density at radius 1 is 1.36 bits per heavy atom. The van der Waals surface area contributed by atoms with Gasteiger partial charge in [-0.3, -0.25) is 0 Å². The Morgan fingerprint density at radius 3 is 2.36 bits per heavy atom. The van der Waals surface area contributed by atoms with Crippen LogP contribution in [0, 0.1) is 5.41 Å². The molecular formula is C11H22O3. The lowest BCUT2D eigenvalue weighted by molar-refractivity contribution is 0.0116. The highest BCUT2D eigenvalue weighted by Crippen LogP contribution is 2.22. The summed E-state index contributed by atoms with van der Waals surface area (Å²) in [5.74, 6) is 0. The fourth-order valence-electron chi connectivity index (χ4n) is 1.23. The third-order valence-corrected chi connectivity index (χ3v) is 1.84. The topological polar surface area (TPSA) is 35.5 Å². The first-order valence-corrected chi connectivity index (χ1v) is 5.21. The molecule has 0 N–H and O–H groups in total. The number of hydrogen-bond donors (Lipinski definition) is 0. The first-order valence-electron chi connectivity index (χ1n) is 5.21. The van der Waals surface area contributed by atoms with Gasteiger partial charge in [0.25, 0.3) is 0 Å². The zero-order chi connectivity index (χ0) is 11.2. The maximum Gasteiger partial charge on any atom is 0.508 e. The van der Waals surface area contributed by atoms with Crippen LogP contribution in [0.4, 0.5) is 4.79 Å². The van der Waals surface area contributed by atoms with E-state index in [4.69, 9.17) is 9.47 Å². The van der Waals surface area contributed by atoms with Crippen LogP contribution in [0.3, 0.4) is 0 Å². The Morgan fingerprint density at radius 2 is 1.93 bits per heavy atom. The molecule has 0 aromatic heterocycles. The largest absolute Gasteiger partial charge is 0.508 e. The van der Waals surface area contributed by atoms with Gasteiger partial charge in [-0.25, -0.2) is 4.79 Å². The average Bonchev–Trinajstić information content (AvgIpc) is 2.00. The fourth-order valence-corrected chi connectivity index (χ4v) is 1.23. The molecule has 0 saturated carbocycles. The molecule has 0 aromatic rings. The van der Waals surface area contributed by atoms with Gasteiger partial charge in [0.1, 0.15) is 6.61 Å². The van der Waals surface area contributed by atoms with Gasteiger partial charge in [-0.15, -0.1) is 0 Å². The van der Waals surface area contributed by atoms with Crippen molar-refractivity contribution in [3.05, 3.63) is 0 Å². The molecule has 0 amide bonds. The van der Waals surface area contributed by atoms with Crippen molar-refractivity contribution in [3.8, 4) is 0 Å². The monoisotopic (exact) mass is 202 g/mol. The molecule has 0 bridgehead atoms. The lowest BCUT2D eigenvalue weighted by Crippen LogP contribution is -2.23. The molecule has 0 heterocycles. The predicted molar refractivity (Wildman–Crippen MR) is 56.3 cm³/mol. The lowest BCUT2D eigenvalue weighted by Gasteiger charge is -2.23. The number of carbonyl (C=O) groups is 1. The molecule has 0 spiro atoms. The summed E-state index contributed by atoms with van der Waals surface area (Å²) in [6, 6.07) is 0. The zero-order valence-corrected chi connectivity index (χ0v) is 9.92. The van der Waals surface area contributed by atoms with Gasteiger partial charge in [0.05, 0.1) is 6.10 Å². The van der Waals surface area contributed by atoms with Crippen molar-refractivity contribution in [1.29, 1.82) is 0 Å². The van der Waals surface area contributed by atoms with Crippen molar-refractivity contribution in [2.45, 2.75) is 53.6 Å². The molecule has 84 valence electrons. The van der Waals surface area contributed by atoms with Crippen molar-refractivity contribution < 1.29 is 14.3 Å². The van der Waals surface area contributed by atoms with Crippen LogP contribution in [0.1, 0.15) is 47.5 Å². The Hall–Kier alpha value is -0.730. The highest BCUT2D eigenvalue weighted by atomic mass is 16.7. The molecule has 0 aliphatic rings. The van der Waals surface area contributed by atoms with E-state index in [0.29, 0.717) is 6.61 Å². The standard InChI is InChI=1S/C11H22O3/c1-6-7-11(4,5)8-13-10(12)14-9(2)3/h9H,6-8H2,1-5H3. The molecule has 0 atom stereocenters. The summed E-state index contributed by atoms with van der Waals surface area (Å²) < 4.78 is 9.87. The summed E-state index contributed by atoms with van der Waals surface area (Å²) in [7, 11) is 0. The van der Waals surface area contributed by atoms with E-state index in [9.17, 15) is 4.79 Å². The van der Waals surface area contributed by atoms with E-state index in [2.05, 4.69) is 20.8 Å². The van der Waals surface area contributed by atoms with Gasteiger partial charge in [-0.2, -0.15) is 0 Å². The quantitative estimate of drug-likeness (QED) is 0.641. The van der Waals surface area contributed by atoms with E-state index in [1.54, 1.807) is 13.8 Å². The van der Waals surface area contributed by atoms with Crippen LogP contribution in [0.15, 0.2) is 0 Å². The minimum absolute atomic E-state index is 0.0464. The summed E-state index contributed by atoms with van der Waals surface area (Å²) in [5.41, 5.74) is 0.0464. The zero-order valence-electron chi connectivity index (χ0n) is 9.92. The van der Waals surface area contributed by atoms with Gasteiger partial charge in [0.2, 0.25) is 0 Å². The molecule has 14 heavy (non-hydrogen) atoms. The third-order valence-electron chi connectivity index (χ3n) is 1.84. The Kier molecular flexibility index (Phi) is 5.58. The summed E-state index contributed by atoms with van der Waals surface area (Å²) in [4.78, 5) is 11.1. The minimum Gasteiger partial charge on any atom is -0.434 e. The van der Waals surface area contributed by atoms with Gasteiger partial charge < -0.3 is 9.47 Å². The molecule has 0 rings (SSSR count). The molecular weight excluding hydrogens is 180 g/mol. The van der Waals surface area contributed by atoms with Gasteiger partial charge in [-0.05, 0) is 25.7 Å². The summed E-state index contributed by atoms with van der Waals surface area (Å²) in [5, 5.41) is 0. The average molecular weight is 202 g/mol. The molecule has 0 fully saturated rings. The van der Waals surface area contributed by atoms with Gasteiger partial charge in [-0.1, -0.05) is 27.2 Å². The summed E-state index contributed by atoms with van der Waals surface area (Å²) in [6.07, 6.45) is 1.46.